The highest BCUT2D eigenvalue weighted by molar-refractivity contribution is 6.30. The Kier molecular flexibility index (Phi) is 5.12. The molecule has 0 radical (unpaired) electrons. The number of para-hydroxylation sites is 2. The molecule has 0 bridgehead atoms. The Morgan fingerprint density at radius 2 is 1.96 bits per heavy atom. The molecule has 2 aromatic heterocycles. The molecule has 138 valence electrons. The van der Waals surface area contributed by atoms with E-state index >= 15 is 0 Å². The molecule has 28 heavy (non-hydrogen) atoms. The first kappa shape index (κ1) is 17.9. The number of benzene rings is 2. The smallest absolute Gasteiger partial charge is 0.260 e. The van der Waals surface area contributed by atoms with Crippen LogP contribution < -0.4 is 5.43 Å². The molecule has 0 spiro atoms. The third-order valence-corrected chi connectivity index (χ3v) is 4.34. The maximum atomic E-state index is 12.5. The van der Waals surface area contributed by atoms with Crippen molar-refractivity contribution in [2.45, 2.75) is 6.54 Å². The zero-order chi connectivity index (χ0) is 19.3. The molecule has 1 N–H and O–H groups in total. The van der Waals surface area contributed by atoms with Crippen molar-refractivity contribution in [2.75, 3.05) is 0 Å². The summed E-state index contributed by atoms with van der Waals surface area (Å²) < 4.78 is 1.84. The highest BCUT2D eigenvalue weighted by Crippen LogP contribution is 2.23. The first-order valence-corrected chi connectivity index (χ1v) is 9.02. The van der Waals surface area contributed by atoms with E-state index in [1.54, 1.807) is 24.5 Å². The third-order valence-electron chi connectivity index (χ3n) is 4.10. The topological polar surface area (TPSA) is 72.2 Å². The van der Waals surface area contributed by atoms with E-state index in [0.29, 0.717) is 16.5 Å². The summed E-state index contributed by atoms with van der Waals surface area (Å²) in [6, 6.07) is 20.5. The number of hydrogen-bond donors (Lipinski definition) is 1. The van der Waals surface area contributed by atoms with Crippen molar-refractivity contribution in [3.05, 3.63) is 83.5 Å². The van der Waals surface area contributed by atoms with Gasteiger partial charge in [-0.3, -0.25) is 9.78 Å². The second-order valence-electron chi connectivity index (χ2n) is 6.07. The Bertz CT molecular complexity index is 1150. The number of carbonyl (C=O) groups is 1. The Balaban J connectivity index is 1.57. The zero-order valence-electron chi connectivity index (χ0n) is 14.8. The first-order chi connectivity index (χ1) is 13.7. The minimum absolute atomic E-state index is 0.0688. The van der Waals surface area contributed by atoms with Gasteiger partial charge in [-0.05, 0) is 42.0 Å². The number of rotatable bonds is 5. The summed E-state index contributed by atoms with van der Waals surface area (Å²) in [4.78, 5) is 21.5. The Morgan fingerprint density at radius 3 is 2.79 bits per heavy atom. The highest BCUT2D eigenvalue weighted by Gasteiger charge is 2.15. The van der Waals surface area contributed by atoms with E-state index in [9.17, 15) is 4.79 Å². The lowest BCUT2D eigenvalue weighted by Crippen LogP contribution is -2.23. The van der Waals surface area contributed by atoms with Gasteiger partial charge in [0, 0.05) is 11.2 Å². The Hall–Kier alpha value is -3.51. The summed E-state index contributed by atoms with van der Waals surface area (Å²) in [5.41, 5.74) is 5.72. The molecule has 0 aliphatic rings. The van der Waals surface area contributed by atoms with Gasteiger partial charge in [-0.1, -0.05) is 41.9 Å². The van der Waals surface area contributed by atoms with Crippen LogP contribution >= 0.6 is 11.6 Å². The number of hydrazone groups is 1. The summed E-state index contributed by atoms with van der Waals surface area (Å²) >= 11 is 5.95. The van der Waals surface area contributed by atoms with Crippen molar-refractivity contribution in [1.29, 1.82) is 0 Å². The number of amides is 1. The molecule has 2 aromatic carbocycles. The fraction of sp³-hybridized carbons (Fsp3) is 0.0476. The second-order valence-corrected chi connectivity index (χ2v) is 6.51. The molecular formula is C21H16ClN5O. The van der Waals surface area contributed by atoms with Crippen LogP contribution in [0.25, 0.3) is 22.6 Å². The molecule has 0 aliphatic heterocycles. The third kappa shape index (κ3) is 3.92. The number of imidazole rings is 1. The molecule has 0 saturated carbocycles. The number of fused-ring (bicyclic) bond motifs is 1. The quantitative estimate of drug-likeness (QED) is 0.415. The molecule has 0 unspecified atom stereocenters. The monoisotopic (exact) mass is 389 g/mol. The number of nitrogens with one attached hydrogen (secondary N) is 1. The van der Waals surface area contributed by atoms with Gasteiger partial charge in [0.15, 0.2) is 5.82 Å². The lowest BCUT2D eigenvalue weighted by molar-refractivity contribution is -0.121. The van der Waals surface area contributed by atoms with Gasteiger partial charge in [-0.15, -0.1) is 0 Å². The van der Waals surface area contributed by atoms with E-state index in [-0.39, 0.29) is 12.5 Å². The maximum absolute atomic E-state index is 12.5. The van der Waals surface area contributed by atoms with Gasteiger partial charge in [0.05, 0.1) is 17.2 Å². The minimum atomic E-state index is -0.265. The predicted molar refractivity (Wildman–Crippen MR) is 110 cm³/mol. The van der Waals surface area contributed by atoms with Gasteiger partial charge in [-0.25, -0.2) is 10.4 Å². The lowest BCUT2D eigenvalue weighted by Gasteiger charge is -2.07. The summed E-state index contributed by atoms with van der Waals surface area (Å²) in [6.45, 7) is 0.0688. The molecule has 7 heteroatoms. The molecule has 0 aliphatic carbocycles. The summed E-state index contributed by atoms with van der Waals surface area (Å²) in [5.74, 6) is 0.370. The van der Waals surface area contributed by atoms with Crippen LogP contribution in [0.2, 0.25) is 5.02 Å². The molecule has 1 amide bonds. The number of carbonyl (C=O) groups excluding carboxylic acids is 1. The Morgan fingerprint density at radius 1 is 1.11 bits per heavy atom. The Labute approximate surface area is 166 Å². The molecule has 0 saturated heterocycles. The standard InChI is InChI=1S/C21H16ClN5O/c22-16-7-5-6-15(12-16)13-24-26-20(28)14-27-19-10-2-1-8-17(19)25-21(27)18-9-3-4-11-23-18/h1-13H,14H2,(H,26,28). The number of hydrogen-bond acceptors (Lipinski definition) is 4. The van der Waals surface area contributed by atoms with Gasteiger partial charge in [0.2, 0.25) is 0 Å². The fourth-order valence-corrected chi connectivity index (χ4v) is 3.07. The van der Waals surface area contributed by atoms with Crippen molar-refractivity contribution in [3.8, 4) is 11.5 Å². The molecule has 0 fully saturated rings. The fourth-order valence-electron chi connectivity index (χ4n) is 2.87. The average Bonchev–Trinajstić information content (AvgIpc) is 3.07. The van der Waals surface area contributed by atoms with Gasteiger partial charge in [0.25, 0.3) is 5.91 Å². The number of nitrogens with zero attached hydrogens (tertiary/aromatic N) is 4. The molecule has 6 nitrogen and oxygen atoms in total. The van der Waals surface area contributed by atoms with Crippen LogP contribution in [0, 0.1) is 0 Å². The summed E-state index contributed by atoms with van der Waals surface area (Å²) in [7, 11) is 0. The number of pyridine rings is 1. The van der Waals surface area contributed by atoms with Gasteiger partial charge in [-0.2, -0.15) is 5.10 Å². The lowest BCUT2D eigenvalue weighted by atomic mass is 10.2. The van der Waals surface area contributed by atoms with Crippen molar-refractivity contribution in [3.63, 3.8) is 0 Å². The molecule has 0 atom stereocenters. The second kappa shape index (κ2) is 8.02. The predicted octanol–water partition coefficient (Wildman–Crippen LogP) is 3.90. The van der Waals surface area contributed by atoms with Crippen LogP contribution in [0.15, 0.2) is 78.0 Å². The highest BCUT2D eigenvalue weighted by atomic mass is 35.5. The van der Waals surface area contributed by atoms with Crippen molar-refractivity contribution in [1.82, 2.24) is 20.0 Å². The first-order valence-electron chi connectivity index (χ1n) is 8.65. The molecular weight excluding hydrogens is 374 g/mol. The van der Waals surface area contributed by atoms with E-state index < -0.39 is 0 Å². The van der Waals surface area contributed by atoms with Crippen LogP contribution in [0.3, 0.4) is 0 Å². The van der Waals surface area contributed by atoms with Crippen molar-refractivity contribution < 1.29 is 4.79 Å². The normalized spacial score (nSPS) is 11.2. The number of halogens is 1. The van der Waals surface area contributed by atoms with E-state index in [4.69, 9.17) is 11.6 Å². The zero-order valence-corrected chi connectivity index (χ0v) is 15.5. The average molecular weight is 390 g/mol. The molecule has 2 heterocycles. The molecule has 4 rings (SSSR count). The SMILES string of the molecule is O=C(Cn1c(-c2ccccn2)nc2ccccc21)NN=Cc1cccc(Cl)c1. The van der Waals surface area contributed by atoms with Gasteiger partial charge in [0.1, 0.15) is 12.2 Å². The largest absolute Gasteiger partial charge is 0.313 e. The van der Waals surface area contributed by atoms with E-state index in [2.05, 4.69) is 20.5 Å². The van der Waals surface area contributed by atoms with Gasteiger partial charge >= 0.3 is 0 Å². The van der Waals surface area contributed by atoms with Crippen LogP contribution in [0.5, 0.6) is 0 Å². The summed E-state index contributed by atoms with van der Waals surface area (Å²) in [6.07, 6.45) is 3.25. The van der Waals surface area contributed by atoms with Gasteiger partial charge < -0.3 is 4.57 Å². The molecule has 4 aromatic rings. The number of aromatic nitrogens is 3. The minimum Gasteiger partial charge on any atom is -0.313 e. The van der Waals surface area contributed by atoms with Crippen LogP contribution in [0.4, 0.5) is 0 Å². The summed E-state index contributed by atoms with van der Waals surface area (Å²) in [5, 5.41) is 4.62. The maximum Gasteiger partial charge on any atom is 0.260 e. The van der Waals surface area contributed by atoms with E-state index in [1.807, 2.05) is 59.2 Å². The van der Waals surface area contributed by atoms with Crippen LogP contribution in [-0.2, 0) is 11.3 Å². The van der Waals surface area contributed by atoms with Crippen molar-refractivity contribution in [2.24, 2.45) is 5.10 Å². The van der Waals surface area contributed by atoms with E-state index in [0.717, 1.165) is 16.6 Å². The van der Waals surface area contributed by atoms with E-state index in [1.165, 1.54) is 0 Å². The van der Waals surface area contributed by atoms with Crippen LogP contribution in [-0.4, -0.2) is 26.7 Å². The van der Waals surface area contributed by atoms with Crippen LogP contribution in [0.1, 0.15) is 5.56 Å². The van der Waals surface area contributed by atoms with Crippen molar-refractivity contribution >= 4 is 34.8 Å².